The fraction of sp³-hybridized carbons (Fsp3) is 0.304. The lowest BCUT2D eigenvalue weighted by molar-refractivity contribution is 0.0737. The van der Waals surface area contributed by atoms with Gasteiger partial charge in [-0.1, -0.05) is 29.8 Å². The first-order valence-electron chi connectivity index (χ1n) is 9.87. The Morgan fingerprint density at radius 3 is 2.41 bits per heavy atom. The Bertz CT molecular complexity index is 1050. The predicted molar refractivity (Wildman–Crippen MR) is 117 cm³/mol. The van der Waals surface area contributed by atoms with Crippen molar-refractivity contribution in [1.29, 1.82) is 0 Å². The predicted octanol–water partition coefficient (Wildman–Crippen LogP) is 4.41. The van der Waals surface area contributed by atoms with Crippen LogP contribution in [-0.2, 0) is 0 Å². The maximum Gasteiger partial charge on any atom is 0.272 e. The maximum absolute atomic E-state index is 13.3. The summed E-state index contributed by atoms with van der Waals surface area (Å²) in [6.45, 7) is 9.21. The van der Waals surface area contributed by atoms with Gasteiger partial charge in [-0.05, 0) is 62.2 Å². The third kappa shape index (κ3) is 3.87. The first-order chi connectivity index (χ1) is 13.9. The number of hydrogen-bond donors (Lipinski definition) is 0. The molecule has 1 amide bonds. The molecular weight excluding hydrogens is 384 g/mol. The highest BCUT2D eigenvalue weighted by atomic mass is 35.5. The minimum atomic E-state index is 0.00573. The first kappa shape index (κ1) is 19.5. The van der Waals surface area contributed by atoms with E-state index in [1.807, 2.05) is 42.2 Å². The van der Waals surface area contributed by atoms with E-state index in [2.05, 4.69) is 42.0 Å². The topological polar surface area (TPSA) is 41.4 Å². The standard InChI is InChI=1S/C23H25ClN4O/c1-16-6-4-9-21(18(16)3)26-10-12-27(13-11-26)23(29)22-14-17(2)25-28(22)20-8-5-7-19(24)15-20/h4-9,14-15H,10-13H2,1-3H3. The van der Waals surface area contributed by atoms with Crippen LogP contribution in [0, 0.1) is 20.8 Å². The molecule has 0 bridgehead atoms. The summed E-state index contributed by atoms with van der Waals surface area (Å²) >= 11 is 6.14. The molecule has 1 aliphatic heterocycles. The summed E-state index contributed by atoms with van der Waals surface area (Å²) in [5, 5.41) is 5.14. The van der Waals surface area contributed by atoms with Gasteiger partial charge >= 0.3 is 0 Å². The van der Waals surface area contributed by atoms with Crippen molar-refractivity contribution in [1.82, 2.24) is 14.7 Å². The number of halogens is 1. The molecule has 29 heavy (non-hydrogen) atoms. The minimum absolute atomic E-state index is 0.00573. The van der Waals surface area contributed by atoms with Crippen molar-refractivity contribution in [2.45, 2.75) is 20.8 Å². The van der Waals surface area contributed by atoms with Gasteiger partial charge in [0.25, 0.3) is 5.91 Å². The summed E-state index contributed by atoms with van der Waals surface area (Å²) in [5.74, 6) is 0.00573. The average Bonchev–Trinajstić information content (AvgIpc) is 3.11. The highest BCUT2D eigenvalue weighted by Crippen LogP contribution is 2.25. The fourth-order valence-corrected chi connectivity index (χ4v) is 4.03. The summed E-state index contributed by atoms with van der Waals surface area (Å²) < 4.78 is 1.70. The van der Waals surface area contributed by atoms with Crippen LogP contribution in [0.2, 0.25) is 5.02 Å². The van der Waals surface area contributed by atoms with Crippen LogP contribution in [0.3, 0.4) is 0 Å². The lowest BCUT2D eigenvalue weighted by atomic mass is 10.1. The van der Waals surface area contributed by atoms with Gasteiger partial charge in [0.1, 0.15) is 5.69 Å². The molecule has 5 nitrogen and oxygen atoms in total. The highest BCUT2D eigenvalue weighted by molar-refractivity contribution is 6.30. The van der Waals surface area contributed by atoms with Gasteiger partial charge in [0.15, 0.2) is 0 Å². The lowest BCUT2D eigenvalue weighted by Gasteiger charge is -2.37. The van der Waals surface area contributed by atoms with E-state index in [4.69, 9.17) is 11.6 Å². The Morgan fingerprint density at radius 1 is 0.966 bits per heavy atom. The van der Waals surface area contributed by atoms with E-state index in [9.17, 15) is 4.79 Å². The van der Waals surface area contributed by atoms with E-state index in [0.29, 0.717) is 23.8 Å². The lowest BCUT2D eigenvalue weighted by Crippen LogP contribution is -2.49. The Balaban J connectivity index is 1.53. The maximum atomic E-state index is 13.3. The highest BCUT2D eigenvalue weighted by Gasteiger charge is 2.26. The molecular formula is C23H25ClN4O. The molecule has 6 heteroatoms. The Kier molecular flexibility index (Phi) is 5.33. The molecule has 2 heterocycles. The largest absolute Gasteiger partial charge is 0.368 e. The molecule has 0 saturated carbocycles. The molecule has 0 unspecified atom stereocenters. The normalized spacial score (nSPS) is 14.3. The Labute approximate surface area is 176 Å². The number of rotatable bonds is 3. The third-order valence-corrected chi connectivity index (χ3v) is 5.82. The number of hydrogen-bond acceptors (Lipinski definition) is 3. The zero-order valence-corrected chi connectivity index (χ0v) is 17.8. The Hall–Kier alpha value is -2.79. The van der Waals surface area contributed by atoms with Crippen molar-refractivity contribution in [2.75, 3.05) is 31.1 Å². The van der Waals surface area contributed by atoms with Gasteiger partial charge in [0.05, 0.1) is 11.4 Å². The second kappa shape index (κ2) is 7.91. The van der Waals surface area contributed by atoms with Gasteiger partial charge in [-0.2, -0.15) is 5.10 Å². The van der Waals surface area contributed by atoms with Crippen LogP contribution in [0.15, 0.2) is 48.5 Å². The number of piperazine rings is 1. The molecule has 0 atom stereocenters. The van der Waals surface area contributed by atoms with Gasteiger partial charge < -0.3 is 9.80 Å². The van der Waals surface area contributed by atoms with E-state index in [0.717, 1.165) is 24.5 Å². The van der Waals surface area contributed by atoms with Crippen molar-refractivity contribution in [3.63, 3.8) is 0 Å². The van der Waals surface area contributed by atoms with E-state index in [1.54, 1.807) is 4.68 Å². The van der Waals surface area contributed by atoms with E-state index >= 15 is 0 Å². The number of anilines is 1. The molecule has 4 rings (SSSR count). The molecule has 0 aliphatic carbocycles. The van der Waals surface area contributed by atoms with Crippen LogP contribution in [0.1, 0.15) is 27.3 Å². The van der Waals surface area contributed by atoms with E-state index in [1.165, 1.54) is 16.8 Å². The van der Waals surface area contributed by atoms with Gasteiger partial charge in [-0.25, -0.2) is 4.68 Å². The third-order valence-electron chi connectivity index (χ3n) is 5.59. The van der Waals surface area contributed by atoms with Crippen molar-refractivity contribution in [3.05, 3.63) is 76.1 Å². The number of carbonyl (C=O) groups is 1. The van der Waals surface area contributed by atoms with E-state index in [-0.39, 0.29) is 5.91 Å². The molecule has 2 aromatic carbocycles. The van der Waals surface area contributed by atoms with Crippen molar-refractivity contribution >= 4 is 23.2 Å². The smallest absolute Gasteiger partial charge is 0.272 e. The fourth-order valence-electron chi connectivity index (χ4n) is 3.85. The minimum Gasteiger partial charge on any atom is -0.368 e. The van der Waals surface area contributed by atoms with E-state index < -0.39 is 0 Å². The summed E-state index contributed by atoms with van der Waals surface area (Å²) in [6.07, 6.45) is 0. The SMILES string of the molecule is Cc1cc(C(=O)N2CCN(c3cccc(C)c3C)CC2)n(-c2cccc(Cl)c2)n1. The quantitative estimate of drug-likeness (QED) is 0.644. The number of nitrogens with zero attached hydrogens (tertiary/aromatic N) is 4. The second-order valence-corrected chi connectivity index (χ2v) is 8.00. The summed E-state index contributed by atoms with van der Waals surface area (Å²) in [7, 11) is 0. The first-order valence-corrected chi connectivity index (χ1v) is 10.2. The van der Waals surface area contributed by atoms with Gasteiger partial charge in [-0.15, -0.1) is 0 Å². The number of aryl methyl sites for hydroxylation is 2. The molecule has 0 N–H and O–H groups in total. The number of aromatic nitrogens is 2. The molecule has 0 radical (unpaired) electrons. The van der Waals surface area contributed by atoms with Gasteiger partial charge in [0.2, 0.25) is 0 Å². The zero-order valence-electron chi connectivity index (χ0n) is 17.0. The Morgan fingerprint density at radius 2 is 1.69 bits per heavy atom. The summed E-state index contributed by atoms with van der Waals surface area (Å²) in [5.41, 5.74) is 6.04. The van der Waals surface area contributed by atoms with Crippen LogP contribution in [0.25, 0.3) is 5.69 Å². The van der Waals surface area contributed by atoms with Gasteiger partial charge in [-0.3, -0.25) is 4.79 Å². The molecule has 3 aromatic rings. The zero-order chi connectivity index (χ0) is 20.5. The number of amides is 1. The van der Waals surface area contributed by atoms with Crippen LogP contribution in [-0.4, -0.2) is 46.8 Å². The second-order valence-electron chi connectivity index (χ2n) is 7.56. The van der Waals surface area contributed by atoms with Crippen LogP contribution in [0.4, 0.5) is 5.69 Å². The molecule has 150 valence electrons. The summed E-state index contributed by atoms with van der Waals surface area (Å²) in [4.78, 5) is 17.6. The van der Waals surface area contributed by atoms with Crippen molar-refractivity contribution < 1.29 is 4.79 Å². The molecule has 1 saturated heterocycles. The van der Waals surface area contributed by atoms with Crippen LogP contribution >= 0.6 is 11.6 Å². The average molecular weight is 409 g/mol. The van der Waals surface area contributed by atoms with Crippen molar-refractivity contribution in [3.8, 4) is 5.69 Å². The number of carbonyl (C=O) groups excluding carboxylic acids is 1. The molecule has 1 fully saturated rings. The summed E-state index contributed by atoms with van der Waals surface area (Å²) in [6, 6.07) is 15.7. The number of benzene rings is 2. The van der Waals surface area contributed by atoms with Crippen LogP contribution in [0.5, 0.6) is 0 Å². The molecule has 1 aliphatic rings. The van der Waals surface area contributed by atoms with Gasteiger partial charge in [0, 0.05) is 36.9 Å². The molecule has 0 spiro atoms. The van der Waals surface area contributed by atoms with Crippen LogP contribution < -0.4 is 4.90 Å². The monoisotopic (exact) mass is 408 g/mol. The van der Waals surface area contributed by atoms with Crippen molar-refractivity contribution in [2.24, 2.45) is 0 Å². The molecule has 1 aromatic heterocycles.